The summed E-state index contributed by atoms with van der Waals surface area (Å²) in [6.07, 6.45) is 4.91. The Balaban J connectivity index is 1.77. The average molecular weight is 334 g/mol. The lowest BCUT2D eigenvalue weighted by Crippen LogP contribution is -2.34. The monoisotopic (exact) mass is 334 g/mol. The highest BCUT2D eigenvalue weighted by atomic mass is 16.5. The maximum atomic E-state index is 12.5. The summed E-state index contributed by atoms with van der Waals surface area (Å²) in [4.78, 5) is 29.3. The predicted octanol–water partition coefficient (Wildman–Crippen LogP) is 1.27. The van der Waals surface area contributed by atoms with E-state index < -0.39 is 0 Å². The van der Waals surface area contributed by atoms with E-state index in [1.165, 1.54) is 0 Å². The minimum absolute atomic E-state index is 0.0373. The minimum atomic E-state index is -0.225. The van der Waals surface area contributed by atoms with Crippen molar-refractivity contribution in [3.63, 3.8) is 0 Å². The molecule has 7 heteroatoms. The van der Waals surface area contributed by atoms with Crippen LogP contribution in [-0.4, -0.2) is 46.7 Å². The summed E-state index contributed by atoms with van der Waals surface area (Å²) in [5.74, 6) is -0.0809. The van der Waals surface area contributed by atoms with Crippen LogP contribution in [0.3, 0.4) is 0 Å². The molecule has 7 nitrogen and oxygen atoms in total. The van der Waals surface area contributed by atoms with Gasteiger partial charge < -0.3 is 19.9 Å². The van der Waals surface area contributed by atoms with Gasteiger partial charge in [-0.15, -0.1) is 0 Å². The fourth-order valence-electron chi connectivity index (χ4n) is 3.32. The Morgan fingerprint density at radius 2 is 2.12 bits per heavy atom. The van der Waals surface area contributed by atoms with Gasteiger partial charge in [0.1, 0.15) is 5.69 Å². The van der Waals surface area contributed by atoms with Gasteiger partial charge in [0.15, 0.2) is 5.82 Å². The second kappa shape index (κ2) is 7.34. The van der Waals surface area contributed by atoms with Crippen LogP contribution in [0.4, 0.5) is 0 Å². The summed E-state index contributed by atoms with van der Waals surface area (Å²) in [6, 6.07) is 0.0373. The molecular weight excluding hydrogens is 308 g/mol. The number of carbonyl (C=O) groups excluding carboxylic acids is 2. The van der Waals surface area contributed by atoms with E-state index in [1.54, 1.807) is 0 Å². The van der Waals surface area contributed by atoms with Crippen LogP contribution in [-0.2, 0) is 17.7 Å². The number of rotatable bonds is 5. The highest BCUT2D eigenvalue weighted by Crippen LogP contribution is 2.21. The SMILES string of the molecule is CC(C)NC(=O)c1nc(C(=O)NCC2CCCO2)n2c1CCCC2. The molecule has 0 bridgehead atoms. The molecule has 2 amide bonds. The van der Waals surface area contributed by atoms with Gasteiger partial charge >= 0.3 is 0 Å². The zero-order valence-electron chi connectivity index (χ0n) is 14.4. The van der Waals surface area contributed by atoms with Crippen LogP contribution in [0.25, 0.3) is 0 Å². The zero-order chi connectivity index (χ0) is 17.1. The number of hydrogen-bond donors (Lipinski definition) is 2. The molecule has 3 heterocycles. The Kier molecular flexibility index (Phi) is 5.18. The van der Waals surface area contributed by atoms with Crippen molar-refractivity contribution < 1.29 is 14.3 Å². The number of fused-ring (bicyclic) bond motifs is 1. The lowest BCUT2D eigenvalue weighted by molar-refractivity contribution is 0.0845. The molecule has 0 aromatic carbocycles. The summed E-state index contributed by atoms with van der Waals surface area (Å²) in [5.41, 5.74) is 1.27. The van der Waals surface area contributed by atoms with Gasteiger partial charge in [0.25, 0.3) is 11.8 Å². The third kappa shape index (κ3) is 3.61. The van der Waals surface area contributed by atoms with Crippen LogP contribution >= 0.6 is 0 Å². The number of nitrogens with one attached hydrogen (secondary N) is 2. The summed E-state index contributed by atoms with van der Waals surface area (Å²) >= 11 is 0. The van der Waals surface area contributed by atoms with E-state index in [-0.39, 0.29) is 24.0 Å². The molecule has 1 aromatic rings. The summed E-state index contributed by atoms with van der Waals surface area (Å²) in [6.45, 7) is 5.82. The molecule has 0 saturated carbocycles. The molecule has 1 unspecified atom stereocenters. The molecule has 0 aliphatic carbocycles. The maximum Gasteiger partial charge on any atom is 0.287 e. The van der Waals surface area contributed by atoms with Crippen LogP contribution in [0.15, 0.2) is 0 Å². The Morgan fingerprint density at radius 1 is 1.29 bits per heavy atom. The lowest BCUT2D eigenvalue weighted by atomic mass is 10.1. The average Bonchev–Trinajstić information content (AvgIpc) is 3.19. The third-order valence-electron chi connectivity index (χ3n) is 4.47. The molecule has 2 aliphatic rings. The number of aromatic nitrogens is 2. The second-order valence-electron chi connectivity index (χ2n) is 6.81. The fourth-order valence-corrected chi connectivity index (χ4v) is 3.32. The quantitative estimate of drug-likeness (QED) is 0.849. The highest BCUT2D eigenvalue weighted by molar-refractivity contribution is 5.97. The van der Waals surface area contributed by atoms with Crippen molar-refractivity contribution in [2.24, 2.45) is 0 Å². The maximum absolute atomic E-state index is 12.5. The molecule has 2 aliphatic heterocycles. The van der Waals surface area contributed by atoms with Crippen LogP contribution in [0.5, 0.6) is 0 Å². The first kappa shape index (κ1) is 17.0. The van der Waals surface area contributed by atoms with E-state index in [9.17, 15) is 9.59 Å². The number of imidazole rings is 1. The lowest BCUT2D eigenvalue weighted by Gasteiger charge is -2.17. The van der Waals surface area contributed by atoms with E-state index in [1.807, 2.05) is 18.4 Å². The Bertz CT molecular complexity index is 618. The van der Waals surface area contributed by atoms with E-state index >= 15 is 0 Å². The zero-order valence-corrected chi connectivity index (χ0v) is 14.4. The first-order chi connectivity index (χ1) is 11.6. The van der Waals surface area contributed by atoms with Crippen LogP contribution in [0.2, 0.25) is 0 Å². The van der Waals surface area contributed by atoms with Crippen LogP contribution in [0.1, 0.15) is 66.3 Å². The summed E-state index contributed by atoms with van der Waals surface area (Å²) < 4.78 is 7.44. The van der Waals surface area contributed by atoms with Gasteiger partial charge in [-0.05, 0) is 46.0 Å². The van der Waals surface area contributed by atoms with Gasteiger partial charge in [-0.25, -0.2) is 4.98 Å². The molecule has 1 aromatic heterocycles. The predicted molar refractivity (Wildman–Crippen MR) is 89.1 cm³/mol. The van der Waals surface area contributed by atoms with Gasteiger partial charge in [0.2, 0.25) is 0 Å². The Labute approximate surface area is 142 Å². The van der Waals surface area contributed by atoms with Gasteiger partial charge in [-0.1, -0.05) is 0 Å². The minimum Gasteiger partial charge on any atom is -0.376 e. The van der Waals surface area contributed by atoms with Gasteiger partial charge in [-0.3, -0.25) is 9.59 Å². The smallest absolute Gasteiger partial charge is 0.287 e. The molecule has 24 heavy (non-hydrogen) atoms. The van der Waals surface area contributed by atoms with Gasteiger partial charge in [0.05, 0.1) is 11.8 Å². The van der Waals surface area contributed by atoms with Crippen LogP contribution in [0, 0.1) is 0 Å². The topological polar surface area (TPSA) is 85.2 Å². The molecule has 3 rings (SSSR count). The Hall–Kier alpha value is -1.89. The van der Waals surface area contributed by atoms with Crippen LogP contribution < -0.4 is 10.6 Å². The van der Waals surface area contributed by atoms with Crippen molar-refractivity contribution in [2.75, 3.05) is 13.2 Å². The first-order valence-electron chi connectivity index (χ1n) is 8.86. The van der Waals surface area contributed by atoms with Crippen molar-refractivity contribution in [2.45, 2.75) is 64.6 Å². The summed E-state index contributed by atoms with van der Waals surface area (Å²) in [7, 11) is 0. The van der Waals surface area contributed by atoms with Gasteiger partial charge in [0, 0.05) is 25.7 Å². The molecule has 132 valence electrons. The molecular formula is C17H26N4O3. The fraction of sp³-hybridized carbons (Fsp3) is 0.706. The molecule has 2 N–H and O–H groups in total. The van der Waals surface area contributed by atoms with E-state index in [4.69, 9.17) is 4.74 Å². The highest BCUT2D eigenvalue weighted by Gasteiger charge is 2.28. The molecule has 1 saturated heterocycles. The molecule has 1 atom stereocenters. The number of amides is 2. The first-order valence-corrected chi connectivity index (χ1v) is 8.86. The molecule has 1 fully saturated rings. The van der Waals surface area contributed by atoms with Crippen molar-refractivity contribution in [3.8, 4) is 0 Å². The van der Waals surface area contributed by atoms with Crippen molar-refractivity contribution in [3.05, 3.63) is 17.2 Å². The number of hydrogen-bond acceptors (Lipinski definition) is 4. The normalized spacial score (nSPS) is 20.0. The van der Waals surface area contributed by atoms with Crippen molar-refractivity contribution >= 4 is 11.8 Å². The summed E-state index contributed by atoms with van der Waals surface area (Å²) in [5, 5.41) is 5.78. The standard InChI is InChI=1S/C17H26N4O3/c1-11(2)19-16(22)14-13-7-3-4-8-21(13)15(20-14)17(23)18-10-12-6-5-9-24-12/h11-12H,3-10H2,1-2H3,(H,18,23)(H,19,22). The van der Waals surface area contributed by atoms with E-state index in [2.05, 4.69) is 15.6 Å². The van der Waals surface area contributed by atoms with E-state index in [0.717, 1.165) is 50.9 Å². The van der Waals surface area contributed by atoms with Crippen molar-refractivity contribution in [1.82, 2.24) is 20.2 Å². The second-order valence-corrected chi connectivity index (χ2v) is 6.81. The Morgan fingerprint density at radius 3 is 2.83 bits per heavy atom. The number of nitrogens with zero attached hydrogens (tertiary/aromatic N) is 2. The number of carbonyl (C=O) groups is 2. The molecule has 0 spiro atoms. The van der Waals surface area contributed by atoms with Crippen molar-refractivity contribution in [1.29, 1.82) is 0 Å². The van der Waals surface area contributed by atoms with E-state index in [0.29, 0.717) is 18.1 Å². The molecule has 0 radical (unpaired) electrons. The third-order valence-corrected chi connectivity index (χ3v) is 4.47. The van der Waals surface area contributed by atoms with Gasteiger partial charge in [-0.2, -0.15) is 0 Å². The number of ether oxygens (including phenoxy) is 1. The largest absolute Gasteiger partial charge is 0.376 e.